The van der Waals surface area contributed by atoms with Crippen LogP contribution in [-0.4, -0.2) is 19.9 Å². The first-order chi connectivity index (χ1) is 9.89. The molecule has 21 heavy (non-hydrogen) atoms. The quantitative estimate of drug-likeness (QED) is 0.639. The molecule has 116 valence electrons. The third-order valence-electron chi connectivity index (χ3n) is 3.80. The first-order valence-electron chi connectivity index (χ1n) is 6.93. The van der Waals surface area contributed by atoms with Gasteiger partial charge in [0.2, 0.25) is 10.0 Å². The zero-order chi connectivity index (χ0) is 15.5. The third-order valence-corrected chi connectivity index (χ3v) is 4.75. The van der Waals surface area contributed by atoms with E-state index < -0.39 is 14.9 Å². The lowest BCUT2D eigenvalue weighted by Crippen LogP contribution is -2.21. The standard InChI is InChI=1S/C13H19N3O4S/c14-21(19,20)12-8-4-7-11(16(17)18)13(12)15-9-10-5-2-1-3-6-10/h4,7-8,10,15H,1-3,5-6,9H2,(H2,14,19,20). The van der Waals surface area contributed by atoms with Crippen LogP contribution in [0.2, 0.25) is 0 Å². The number of nitrogens with two attached hydrogens (primary N) is 1. The largest absolute Gasteiger partial charge is 0.378 e. The first kappa shape index (κ1) is 15.7. The maximum absolute atomic E-state index is 11.6. The fraction of sp³-hybridized carbons (Fsp3) is 0.538. The van der Waals surface area contributed by atoms with Crippen LogP contribution >= 0.6 is 0 Å². The van der Waals surface area contributed by atoms with Crippen LogP contribution < -0.4 is 10.5 Å². The van der Waals surface area contributed by atoms with Crippen molar-refractivity contribution in [2.75, 3.05) is 11.9 Å². The van der Waals surface area contributed by atoms with E-state index in [9.17, 15) is 18.5 Å². The van der Waals surface area contributed by atoms with Crippen LogP contribution in [0.1, 0.15) is 32.1 Å². The smallest absolute Gasteiger partial charge is 0.293 e. The Bertz CT molecular complexity index is 624. The Morgan fingerprint density at radius 3 is 2.52 bits per heavy atom. The van der Waals surface area contributed by atoms with Gasteiger partial charge in [0.15, 0.2) is 0 Å². The van der Waals surface area contributed by atoms with Crippen LogP contribution in [0, 0.1) is 16.0 Å². The lowest BCUT2D eigenvalue weighted by Gasteiger charge is -2.22. The average molecular weight is 313 g/mol. The Balaban J connectivity index is 2.28. The lowest BCUT2D eigenvalue weighted by atomic mass is 9.89. The van der Waals surface area contributed by atoms with Crippen molar-refractivity contribution >= 4 is 21.4 Å². The second kappa shape index (κ2) is 6.40. The van der Waals surface area contributed by atoms with Gasteiger partial charge >= 0.3 is 0 Å². The Morgan fingerprint density at radius 2 is 1.95 bits per heavy atom. The Labute approximate surface area is 123 Å². The summed E-state index contributed by atoms with van der Waals surface area (Å²) in [5.41, 5.74) is -0.270. The zero-order valence-electron chi connectivity index (χ0n) is 11.6. The number of benzene rings is 1. The molecule has 0 amide bonds. The second-order valence-corrected chi connectivity index (χ2v) is 6.87. The Hall–Kier alpha value is -1.67. The van der Waals surface area contributed by atoms with E-state index >= 15 is 0 Å². The van der Waals surface area contributed by atoms with Gasteiger partial charge in [0.05, 0.1) is 4.92 Å². The van der Waals surface area contributed by atoms with Crippen LogP contribution in [0.4, 0.5) is 11.4 Å². The van der Waals surface area contributed by atoms with Crippen molar-refractivity contribution in [3.05, 3.63) is 28.3 Å². The number of nitrogens with zero attached hydrogens (tertiary/aromatic N) is 1. The molecule has 1 saturated carbocycles. The van der Waals surface area contributed by atoms with Gasteiger partial charge in [-0.2, -0.15) is 0 Å². The number of para-hydroxylation sites is 1. The molecule has 1 fully saturated rings. The predicted molar refractivity (Wildman–Crippen MR) is 79.5 cm³/mol. The molecule has 1 aliphatic carbocycles. The molecule has 0 unspecified atom stereocenters. The average Bonchev–Trinajstić information content (AvgIpc) is 2.44. The molecular formula is C13H19N3O4S. The van der Waals surface area contributed by atoms with Gasteiger partial charge < -0.3 is 5.32 Å². The third kappa shape index (κ3) is 3.92. The highest BCUT2D eigenvalue weighted by Crippen LogP contribution is 2.32. The van der Waals surface area contributed by atoms with Crippen LogP contribution in [0.25, 0.3) is 0 Å². The molecule has 1 aliphatic rings. The van der Waals surface area contributed by atoms with E-state index in [1.165, 1.54) is 24.6 Å². The number of nitrogens with one attached hydrogen (secondary N) is 1. The van der Waals surface area contributed by atoms with Gasteiger partial charge in [0.1, 0.15) is 10.6 Å². The summed E-state index contributed by atoms with van der Waals surface area (Å²) in [5, 5.41) is 19.2. The molecule has 0 aromatic heterocycles. The molecule has 0 aliphatic heterocycles. The monoisotopic (exact) mass is 313 g/mol. The van der Waals surface area contributed by atoms with E-state index in [1.54, 1.807) is 0 Å². The Kier molecular flexibility index (Phi) is 4.79. The molecule has 0 heterocycles. The van der Waals surface area contributed by atoms with Crippen LogP contribution in [0.15, 0.2) is 23.1 Å². The summed E-state index contributed by atoms with van der Waals surface area (Å²) in [7, 11) is -4.01. The molecule has 0 spiro atoms. The molecule has 0 atom stereocenters. The fourth-order valence-electron chi connectivity index (χ4n) is 2.72. The molecule has 1 aromatic rings. The van der Waals surface area contributed by atoms with Gasteiger partial charge in [-0.25, -0.2) is 13.6 Å². The predicted octanol–water partition coefficient (Wildman–Crippen LogP) is 2.23. The summed E-state index contributed by atoms with van der Waals surface area (Å²) in [6, 6.07) is 3.88. The zero-order valence-corrected chi connectivity index (χ0v) is 12.4. The van der Waals surface area contributed by atoms with E-state index in [4.69, 9.17) is 5.14 Å². The summed E-state index contributed by atoms with van der Waals surface area (Å²) < 4.78 is 23.2. The maximum atomic E-state index is 11.6. The van der Waals surface area contributed by atoms with Crippen molar-refractivity contribution in [3.8, 4) is 0 Å². The number of anilines is 1. The minimum Gasteiger partial charge on any atom is -0.378 e. The normalized spacial score (nSPS) is 16.6. The van der Waals surface area contributed by atoms with Crippen LogP contribution in [0.5, 0.6) is 0 Å². The minimum atomic E-state index is -4.01. The van der Waals surface area contributed by atoms with Crippen molar-refractivity contribution < 1.29 is 13.3 Å². The van der Waals surface area contributed by atoms with Crippen molar-refractivity contribution in [1.29, 1.82) is 0 Å². The number of rotatable bonds is 5. The van der Waals surface area contributed by atoms with Crippen molar-refractivity contribution in [1.82, 2.24) is 0 Å². The number of nitro groups is 1. The SMILES string of the molecule is NS(=O)(=O)c1cccc([N+](=O)[O-])c1NCC1CCCCC1. The summed E-state index contributed by atoms with van der Waals surface area (Å²) in [6.07, 6.45) is 5.61. The molecule has 0 bridgehead atoms. The number of nitro benzene ring substituents is 1. The molecule has 0 saturated heterocycles. The molecule has 8 heteroatoms. The highest BCUT2D eigenvalue weighted by molar-refractivity contribution is 7.89. The topological polar surface area (TPSA) is 115 Å². The molecule has 7 nitrogen and oxygen atoms in total. The number of sulfonamides is 1. The molecule has 2 rings (SSSR count). The van der Waals surface area contributed by atoms with Gasteiger partial charge in [-0.1, -0.05) is 25.3 Å². The van der Waals surface area contributed by atoms with Gasteiger partial charge in [-0.3, -0.25) is 10.1 Å². The van der Waals surface area contributed by atoms with E-state index in [0.717, 1.165) is 25.7 Å². The van der Waals surface area contributed by atoms with E-state index in [2.05, 4.69) is 5.32 Å². The maximum Gasteiger partial charge on any atom is 0.293 e. The highest BCUT2D eigenvalue weighted by atomic mass is 32.2. The second-order valence-electron chi connectivity index (χ2n) is 5.34. The molecule has 1 aromatic carbocycles. The summed E-state index contributed by atoms with van der Waals surface area (Å²) in [6.45, 7) is 0.521. The van der Waals surface area contributed by atoms with Gasteiger partial charge in [0.25, 0.3) is 5.69 Å². The van der Waals surface area contributed by atoms with Gasteiger partial charge in [0, 0.05) is 12.6 Å². The van der Waals surface area contributed by atoms with Gasteiger partial charge in [-0.15, -0.1) is 0 Å². The number of primary sulfonamides is 1. The Morgan fingerprint density at radius 1 is 1.29 bits per heavy atom. The molecular weight excluding hydrogens is 294 g/mol. The molecule has 3 N–H and O–H groups in total. The lowest BCUT2D eigenvalue weighted by molar-refractivity contribution is -0.384. The van der Waals surface area contributed by atoms with E-state index in [1.807, 2.05) is 0 Å². The van der Waals surface area contributed by atoms with Crippen molar-refractivity contribution in [2.24, 2.45) is 11.1 Å². The summed E-state index contributed by atoms with van der Waals surface area (Å²) in [4.78, 5) is 10.3. The number of hydrogen-bond donors (Lipinski definition) is 2. The van der Waals surface area contributed by atoms with Crippen molar-refractivity contribution in [2.45, 2.75) is 37.0 Å². The summed E-state index contributed by atoms with van der Waals surface area (Å²) in [5.74, 6) is 0.409. The first-order valence-corrected chi connectivity index (χ1v) is 8.48. The van der Waals surface area contributed by atoms with Crippen molar-refractivity contribution in [3.63, 3.8) is 0 Å². The molecule has 0 radical (unpaired) electrons. The fourth-order valence-corrected chi connectivity index (χ4v) is 3.45. The number of hydrogen-bond acceptors (Lipinski definition) is 5. The van der Waals surface area contributed by atoms with Crippen LogP contribution in [-0.2, 0) is 10.0 Å². The summed E-state index contributed by atoms with van der Waals surface area (Å²) >= 11 is 0. The minimum absolute atomic E-state index is 0.00410. The van der Waals surface area contributed by atoms with E-state index in [-0.39, 0.29) is 16.3 Å². The van der Waals surface area contributed by atoms with Crippen LogP contribution in [0.3, 0.4) is 0 Å². The van der Waals surface area contributed by atoms with Gasteiger partial charge in [-0.05, 0) is 24.8 Å². The van der Waals surface area contributed by atoms with E-state index in [0.29, 0.717) is 12.5 Å². The highest BCUT2D eigenvalue weighted by Gasteiger charge is 2.24.